The molecule has 3 fully saturated rings. The molecule has 0 spiro atoms. The summed E-state index contributed by atoms with van der Waals surface area (Å²) in [6.45, 7) is 5.82. The van der Waals surface area contributed by atoms with E-state index in [2.05, 4.69) is 47.2 Å². The third kappa shape index (κ3) is 31.0. The Morgan fingerprint density at radius 2 is 0.926 bits per heavy atom. The van der Waals surface area contributed by atoms with E-state index in [0.717, 1.165) is 50.0 Å². The number of carbonyl (C=O) groups is 9. The van der Waals surface area contributed by atoms with Gasteiger partial charge in [-0.3, -0.25) is 58.0 Å². The first-order valence-electron chi connectivity index (χ1n) is 32.7. The number of nitrogens with zero attached hydrogens (tertiary/aromatic N) is 6. The van der Waals surface area contributed by atoms with Crippen molar-refractivity contribution in [3.05, 3.63) is 18.2 Å². The molecule has 1 aromatic carbocycles. The van der Waals surface area contributed by atoms with E-state index < -0.39 is 12.0 Å². The number of urea groups is 1. The van der Waals surface area contributed by atoms with Crippen molar-refractivity contribution < 1.29 is 76.7 Å². The molecule has 526 valence electrons. The van der Waals surface area contributed by atoms with Crippen LogP contribution in [0.2, 0.25) is 0 Å². The Hall–Kier alpha value is -6.43. The van der Waals surface area contributed by atoms with Gasteiger partial charge < -0.3 is 82.2 Å². The van der Waals surface area contributed by atoms with Crippen molar-refractivity contribution in [2.75, 3.05) is 172 Å². The number of amides is 5. The van der Waals surface area contributed by atoms with E-state index in [1.807, 2.05) is 38.2 Å². The first-order valence-corrected chi connectivity index (χ1v) is 34.8. The number of guanidine groups is 2. The number of carbonyl (C=O) groups excluding carboxylic acids is 8. The number of fused-ring (bicyclic) bond motifs is 2. The highest BCUT2D eigenvalue weighted by Crippen LogP contribution is 2.36. The van der Waals surface area contributed by atoms with Gasteiger partial charge in [-0.1, -0.05) is 12.8 Å². The molecule has 0 unspecified atom stereocenters. The number of anilines is 3. The van der Waals surface area contributed by atoms with Gasteiger partial charge >= 0.3 is 12.0 Å². The monoisotopic (exact) mass is 1360 g/mol. The average molecular weight is 1360 g/mol. The van der Waals surface area contributed by atoms with Crippen molar-refractivity contribution >= 4 is 107 Å². The molecule has 33 heteroatoms. The molecule has 0 aliphatic carbocycles. The number of ether oxygens (including phenoxy) is 6. The van der Waals surface area contributed by atoms with Crippen molar-refractivity contribution in [1.82, 2.24) is 40.9 Å². The predicted octanol–water partition coefficient (Wildman–Crippen LogP) is 0.575. The number of aliphatic carboxylic acids is 1. The molecule has 5 aliphatic rings. The summed E-state index contributed by atoms with van der Waals surface area (Å²) in [7, 11) is 0. The van der Waals surface area contributed by atoms with Gasteiger partial charge in [0.05, 0.1) is 89.7 Å². The Balaban J connectivity index is 0.858. The van der Waals surface area contributed by atoms with Crippen LogP contribution < -0.4 is 48.7 Å². The molecule has 5 amide bonds. The minimum atomic E-state index is -0.993. The van der Waals surface area contributed by atoms with Crippen LogP contribution in [0, 0.1) is 0 Å². The van der Waals surface area contributed by atoms with Crippen LogP contribution in [0.3, 0.4) is 0 Å². The number of thioether (sulfide) groups is 2. The highest BCUT2D eigenvalue weighted by molar-refractivity contribution is 8.00. The molecule has 5 aliphatic heterocycles. The second-order valence-corrected chi connectivity index (χ2v) is 26.1. The first kappa shape index (κ1) is 76.6. The number of ketones is 2. The fraction of sp³-hybridized carbons (Fsp3) is 0.721. The Morgan fingerprint density at radius 1 is 0.511 bits per heavy atom. The lowest BCUT2D eigenvalue weighted by Gasteiger charge is -2.33. The summed E-state index contributed by atoms with van der Waals surface area (Å²) >= 11 is 3.82. The smallest absolute Gasteiger partial charge is 0.319 e. The van der Waals surface area contributed by atoms with Crippen LogP contribution in [0.25, 0.3) is 0 Å². The lowest BCUT2D eigenvalue weighted by Crippen LogP contribution is -2.49. The summed E-state index contributed by atoms with van der Waals surface area (Å²) in [6.07, 6.45) is 8.48. The number of aliphatic imine (C=N–C) groups is 2. The quantitative estimate of drug-likeness (QED) is 0.0315. The SMILES string of the molecule is NC1=N[C@H]2[C@H](CS[C@H]2CCCCC(=O)CCCOCCC(=O)Nc2cc(NC(=O)CCOCCCC(=O)CCCC[C@@H]3SC[C@@H]4NC(N)=N[C@@H]43)cc(NC(=O)NCCOCCOCCNC(=O)CN3CCN(COC=O)CCN(COC=O)CCN(CC(=O)O)CC3)c2)N1. The topological polar surface area (TPSA) is 403 Å². The average Bonchev–Trinajstić information content (AvgIpc) is 1.70. The number of benzene rings is 1. The molecule has 0 aromatic heterocycles. The summed E-state index contributed by atoms with van der Waals surface area (Å²) in [5.74, 6) is 1.39. The van der Waals surface area contributed by atoms with Crippen molar-refractivity contribution in [3.8, 4) is 0 Å². The van der Waals surface area contributed by atoms with Gasteiger partial charge in [0.1, 0.15) is 25.0 Å². The Bertz CT molecular complexity index is 2510. The second-order valence-electron chi connectivity index (χ2n) is 23.6. The third-order valence-corrected chi connectivity index (χ3v) is 19.2. The third-order valence-electron chi connectivity index (χ3n) is 16.2. The van der Waals surface area contributed by atoms with Crippen LogP contribution in [-0.4, -0.2) is 282 Å². The predicted molar refractivity (Wildman–Crippen MR) is 357 cm³/mol. The standard InChI is InChI=1S/C61H99N15O16S2/c62-59-69-49-38-93-51(57(49)71-59)11-3-1-7-47(79)9-5-25-87-27-13-53(81)66-44-33-45(67-54(82)14-28-88-26-6-10-48(80)8-2-4-12-52-58-50(39-94-52)70-60(63)72-58)35-46(34-44)68-61(86)65-16-30-90-32-31-89-29-15-64-55(83)36-73-17-18-74(37-56(84)85)20-22-76(41-92-43-78)24-23-75(21-19-73)40-91-42-77/h33-35,42-43,49-52,57-58H,1-32,36-41H2,(H,64,83)(H,66,81)(H,67,82)(H,84,85)(H3,62,69,71)(H3,63,70,72)(H2,65,68,86)/t49-,50-,51-,52-,57-,58-/m0/s1. The van der Waals surface area contributed by atoms with Crippen molar-refractivity contribution in [2.45, 2.75) is 125 Å². The number of hydrogen-bond acceptors (Lipinski definition) is 27. The lowest BCUT2D eigenvalue weighted by molar-refractivity contribution is -0.139. The Labute approximate surface area is 558 Å². The normalized spacial score (nSPS) is 21.0. The maximum Gasteiger partial charge on any atom is 0.319 e. The summed E-state index contributed by atoms with van der Waals surface area (Å²) in [5.41, 5.74) is 12.6. The minimum Gasteiger partial charge on any atom is -0.480 e. The highest BCUT2D eigenvalue weighted by Gasteiger charge is 2.41. The van der Waals surface area contributed by atoms with Crippen molar-refractivity contribution in [2.24, 2.45) is 21.5 Å². The zero-order valence-corrected chi connectivity index (χ0v) is 55.6. The zero-order chi connectivity index (χ0) is 67.1. The van der Waals surface area contributed by atoms with E-state index in [1.54, 1.807) is 23.1 Å². The molecule has 94 heavy (non-hydrogen) atoms. The number of rotatable bonds is 46. The number of Topliss-reactive ketones (excluding diaryl/α,β-unsaturated/α-hetero) is 2. The van der Waals surface area contributed by atoms with Gasteiger partial charge in [0, 0.05) is 143 Å². The number of carboxylic acids is 1. The fourth-order valence-electron chi connectivity index (χ4n) is 11.3. The number of hydrogen-bond donors (Lipinski definition) is 10. The van der Waals surface area contributed by atoms with E-state index in [-0.39, 0.29) is 139 Å². The maximum atomic E-state index is 13.1. The summed E-state index contributed by atoms with van der Waals surface area (Å²) in [5, 5.41) is 30.8. The highest BCUT2D eigenvalue weighted by atomic mass is 32.2. The molecule has 12 N–H and O–H groups in total. The zero-order valence-electron chi connectivity index (χ0n) is 53.9. The molecule has 31 nitrogen and oxygen atoms in total. The van der Waals surface area contributed by atoms with Crippen LogP contribution in [0.15, 0.2) is 28.2 Å². The van der Waals surface area contributed by atoms with Gasteiger partial charge in [-0.05, 0) is 56.7 Å². The minimum absolute atomic E-state index is 0.0140. The molecule has 6 atom stereocenters. The molecule has 0 saturated carbocycles. The van der Waals surface area contributed by atoms with Gasteiger partial charge in [-0.25, -0.2) is 14.8 Å². The van der Waals surface area contributed by atoms with Gasteiger partial charge in [-0.2, -0.15) is 23.5 Å². The Kier molecular flexibility index (Phi) is 36.1. The van der Waals surface area contributed by atoms with Gasteiger partial charge in [0.2, 0.25) is 17.7 Å². The van der Waals surface area contributed by atoms with Crippen molar-refractivity contribution in [1.29, 1.82) is 0 Å². The molecular formula is C61H99N15O16S2. The summed E-state index contributed by atoms with van der Waals surface area (Å²) < 4.78 is 32.6. The van der Waals surface area contributed by atoms with Gasteiger partial charge in [0.25, 0.3) is 12.9 Å². The van der Waals surface area contributed by atoms with E-state index >= 15 is 0 Å². The molecule has 1 aromatic rings. The lowest BCUT2D eigenvalue weighted by atomic mass is 10.0. The molecular weight excluding hydrogens is 1260 g/mol. The second kappa shape index (κ2) is 44.3. The fourth-order valence-corrected chi connectivity index (χ4v) is 14.3. The van der Waals surface area contributed by atoms with Gasteiger partial charge in [-0.15, -0.1) is 0 Å². The Morgan fingerprint density at radius 3 is 1.38 bits per heavy atom. The molecule has 5 heterocycles. The van der Waals surface area contributed by atoms with Crippen LogP contribution in [0.1, 0.15) is 89.9 Å². The number of carboxylic acid groups (broad SMARTS) is 1. The largest absolute Gasteiger partial charge is 0.480 e. The van der Waals surface area contributed by atoms with Crippen LogP contribution in [0.5, 0.6) is 0 Å². The maximum absolute atomic E-state index is 13.1. The molecule has 6 rings (SSSR count). The van der Waals surface area contributed by atoms with E-state index in [4.69, 9.17) is 39.9 Å². The molecule has 0 radical (unpaired) electrons. The van der Waals surface area contributed by atoms with Crippen LogP contribution in [-0.2, 0) is 66.8 Å². The first-order chi connectivity index (χ1) is 45.6. The van der Waals surface area contributed by atoms with Crippen molar-refractivity contribution in [3.63, 3.8) is 0 Å². The molecule has 3 saturated heterocycles. The van der Waals surface area contributed by atoms with Gasteiger partial charge in [0.15, 0.2) is 11.9 Å². The van der Waals surface area contributed by atoms with E-state index in [0.29, 0.717) is 163 Å². The number of nitrogens with two attached hydrogens (primary N) is 2. The van der Waals surface area contributed by atoms with Crippen LogP contribution >= 0.6 is 23.5 Å². The van der Waals surface area contributed by atoms with Crippen LogP contribution in [0.4, 0.5) is 21.9 Å². The summed E-state index contributed by atoms with van der Waals surface area (Å²) in [4.78, 5) is 128. The summed E-state index contributed by atoms with van der Waals surface area (Å²) in [6, 6.07) is 5.13. The van der Waals surface area contributed by atoms with E-state index in [9.17, 15) is 48.3 Å². The van der Waals surface area contributed by atoms with E-state index in [1.165, 1.54) is 0 Å². The number of unbranched alkanes of at least 4 members (excludes halogenated alkanes) is 2. The number of nitrogens with one attached hydrogen (secondary N) is 7. The molecule has 0 bridgehead atoms.